The summed E-state index contributed by atoms with van der Waals surface area (Å²) in [5, 5.41) is 15.9. The third-order valence-electron chi connectivity index (χ3n) is 2.94. The highest BCUT2D eigenvalue weighted by atomic mass is 15.6. The number of hydrogen-bond donors (Lipinski definition) is 1. The molecule has 5 heteroatoms. The van der Waals surface area contributed by atoms with E-state index in [0.29, 0.717) is 0 Å². The predicted octanol–water partition coefficient (Wildman–Crippen LogP) is 0.723. The molecule has 1 aliphatic rings. The van der Waals surface area contributed by atoms with Gasteiger partial charge in [0.2, 0.25) is 0 Å². The van der Waals surface area contributed by atoms with Crippen molar-refractivity contribution in [2.24, 2.45) is 0 Å². The van der Waals surface area contributed by atoms with Crippen molar-refractivity contribution in [3.8, 4) is 0 Å². The molecule has 0 aliphatic heterocycles. The molecule has 1 saturated carbocycles. The standard InChI is InChI=1S/C10H19N5/c1-9(2,3)15-13-8(12-14-15)7-10(11-4)5-6-10/h11H,5-7H2,1-4H3. The minimum atomic E-state index is -0.0817. The third kappa shape index (κ3) is 2.17. The number of tetrazole rings is 1. The second-order valence-corrected chi connectivity index (χ2v) is 5.37. The van der Waals surface area contributed by atoms with Gasteiger partial charge in [0.05, 0.1) is 5.54 Å². The topological polar surface area (TPSA) is 55.6 Å². The maximum Gasteiger partial charge on any atom is 0.176 e. The maximum absolute atomic E-state index is 4.41. The van der Waals surface area contributed by atoms with Gasteiger partial charge in [-0.2, -0.15) is 4.80 Å². The molecule has 1 aliphatic carbocycles. The average Bonchev–Trinajstić information content (AvgIpc) is 2.73. The normalized spacial score (nSPS) is 19.2. The fourth-order valence-corrected chi connectivity index (χ4v) is 1.57. The first-order chi connectivity index (χ1) is 6.95. The number of nitrogens with zero attached hydrogens (tertiary/aromatic N) is 4. The minimum absolute atomic E-state index is 0.0817. The summed E-state index contributed by atoms with van der Waals surface area (Å²) in [6.07, 6.45) is 3.32. The van der Waals surface area contributed by atoms with E-state index in [-0.39, 0.29) is 11.1 Å². The van der Waals surface area contributed by atoms with Crippen molar-refractivity contribution in [1.29, 1.82) is 0 Å². The van der Waals surface area contributed by atoms with Crippen LogP contribution in [0.25, 0.3) is 0 Å². The lowest BCUT2D eigenvalue weighted by atomic mass is 10.1. The van der Waals surface area contributed by atoms with Crippen molar-refractivity contribution in [1.82, 2.24) is 25.5 Å². The second kappa shape index (κ2) is 3.27. The van der Waals surface area contributed by atoms with Crippen molar-refractivity contribution < 1.29 is 0 Å². The van der Waals surface area contributed by atoms with Crippen LogP contribution in [-0.4, -0.2) is 32.8 Å². The summed E-state index contributed by atoms with van der Waals surface area (Å²) in [6.45, 7) is 6.22. The Hall–Kier alpha value is -0.970. The summed E-state index contributed by atoms with van der Waals surface area (Å²) >= 11 is 0. The number of hydrogen-bond acceptors (Lipinski definition) is 4. The smallest absolute Gasteiger partial charge is 0.176 e. The summed E-state index contributed by atoms with van der Waals surface area (Å²) in [5.74, 6) is 0.844. The molecule has 15 heavy (non-hydrogen) atoms. The van der Waals surface area contributed by atoms with Crippen LogP contribution < -0.4 is 5.32 Å². The largest absolute Gasteiger partial charge is 0.314 e. The molecule has 0 radical (unpaired) electrons. The molecule has 1 heterocycles. The number of likely N-dealkylation sites (N-methyl/N-ethyl adjacent to an activating group) is 1. The Bertz CT molecular complexity index is 345. The predicted molar refractivity (Wildman–Crippen MR) is 57.5 cm³/mol. The van der Waals surface area contributed by atoms with Crippen LogP contribution in [0, 0.1) is 0 Å². The van der Waals surface area contributed by atoms with E-state index in [1.807, 2.05) is 7.05 Å². The minimum Gasteiger partial charge on any atom is -0.314 e. The molecular formula is C10H19N5. The quantitative estimate of drug-likeness (QED) is 0.797. The van der Waals surface area contributed by atoms with Gasteiger partial charge in [0.15, 0.2) is 5.82 Å². The van der Waals surface area contributed by atoms with Crippen molar-refractivity contribution in [2.45, 2.75) is 51.1 Å². The molecule has 1 fully saturated rings. The molecule has 0 spiro atoms. The first-order valence-electron chi connectivity index (χ1n) is 5.44. The molecule has 1 aromatic rings. The molecule has 0 bridgehead atoms. The first-order valence-corrected chi connectivity index (χ1v) is 5.44. The molecule has 0 amide bonds. The van der Waals surface area contributed by atoms with E-state index < -0.39 is 0 Å². The fourth-order valence-electron chi connectivity index (χ4n) is 1.57. The Labute approximate surface area is 90.2 Å². The first kappa shape index (κ1) is 10.5. The molecule has 5 nitrogen and oxygen atoms in total. The number of nitrogens with one attached hydrogen (secondary N) is 1. The lowest BCUT2D eigenvalue weighted by Crippen LogP contribution is -2.30. The van der Waals surface area contributed by atoms with Crippen molar-refractivity contribution in [3.63, 3.8) is 0 Å². The highest BCUT2D eigenvalue weighted by molar-refractivity contribution is 5.06. The molecule has 0 aromatic carbocycles. The van der Waals surface area contributed by atoms with Gasteiger partial charge in [0, 0.05) is 12.0 Å². The van der Waals surface area contributed by atoms with Gasteiger partial charge >= 0.3 is 0 Å². The SMILES string of the molecule is CNC1(Cc2nnn(C(C)(C)C)n2)CC1. The third-order valence-corrected chi connectivity index (χ3v) is 2.94. The van der Waals surface area contributed by atoms with Gasteiger partial charge in [-0.1, -0.05) is 0 Å². The highest BCUT2D eigenvalue weighted by Crippen LogP contribution is 2.37. The fraction of sp³-hybridized carbons (Fsp3) is 0.900. The number of rotatable bonds is 3. The van der Waals surface area contributed by atoms with Crippen molar-refractivity contribution >= 4 is 0 Å². The van der Waals surface area contributed by atoms with Crippen LogP contribution in [0.2, 0.25) is 0 Å². The van der Waals surface area contributed by atoms with E-state index in [4.69, 9.17) is 0 Å². The Balaban J connectivity index is 2.08. The molecule has 1 N–H and O–H groups in total. The summed E-state index contributed by atoms with van der Waals surface area (Å²) in [5.41, 5.74) is 0.174. The summed E-state index contributed by atoms with van der Waals surface area (Å²) in [6, 6.07) is 0. The van der Waals surface area contributed by atoms with Crippen LogP contribution in [0.15, 0.2) is 0 Å². The Morgan fingerprint density at radius 1 is 1.40 bits per heavy atom. The van der Waals surface area contributed by atoms with Gasteiger partial charge in [-0.3, -0.25) is 0 Å². The maximum atomic E-state index is 4.41. The van der Waals surface area contributed by atoms with Gasteiger partial charge in [-0.15, -0.1) is 10.2 Å². The summed E-state index contributed by atoms with van der Waals surface area (Å²) in [7, 11) is 2.00. The lowest BCUT2D eigenvalue weighted by molar-refractivity contribution is 0.305. The lowest BCUT2D eigenvalue weighted by Gasteiger charge is -2.15. The van der Waals surface area contributed by atoms with E-state index >= 15 is 0 Å². The molecule has 0 unspecified atom stereocenters. The average molecular weight is 209 g/mol. The van der Waals surface area contributed by atoms with Crippen LogP contribution in [0.3, 0.4) is 0 Å². The zero-order valence-corrected chi connectivity index (χ0v) is 9.91. The van der Waals surface area contributed by atoms with Crippen molar-refractivity contribution in [2.75, 3.05) is 7.05 Å². The van der Waals surface area contributed by atoms with Crippen LogP contribution in [-0.2, 0) is 12.0 Å². The van der Waals surface area contributed by atoms with Crippen LogP contribution in [0.1, 0.15) is 39.4 Å². The van der Waals surface area contributed by atoms with Crippen molar-refractivity contribution in [3.05, 3.63) is 5.82 Å². The molecular weight excluding hydrogens is 190 g/mol. The Kier molecular flexibility index (Phi) is 2.30. The van der Waals surface area contributed by atoms with Crippen LogP contribution in [0.4, 0.5) is 0 Å². The Morgan fingerprint density at radius 2 is 2.07 bits per heavy atom. The van der Waals surface area contributed by atoms with Crippen LogP contribution in [0.5, 0.6) is 0 Å². The number of aromatic nitrogens is 4. The van der Waals surface area contributed by atoms with E-state index in [2.05, 4.69) is 41.5 Å². The molecule has 1 aromatic heterocycles. The van der Waals surface area contributed by atoms with Gasteiger partial charge < -0.3 is 5.32 Å². The molecule has 0 saturated heterocycles. The van der Waals surface area contributed by atoms with E-state index in [1.54, 1.807) is 4.80 Å². The van der Waals surface area contributed by atoms with Gasteiger partial charge in [-0.05, 0) is 45.9 Å². The molecule has 2 rings (SSSR count). The summed E-state index contributed by atoms with van der Waals surface area (Å²) < 4.78 is 0. The van der Waals surface area contributed by atoms with Gasteiger partial charge in [0.25, 0.3) is 0 Å². The second-order valence-electron chi connectivity index (χ2n) is 5.37. The molecule has 0 atom stereocenters. The van der Waals surface area contributed by atoms with E-state index in [1.165, 1.54) is 12.8 Å². The molecule has 84 valence electrons. The Morgan fingerprint density at radius 3 is 2.47 bits per heavy atom. The van der Waals surface area contributed by atoms with Crippen LogP contribution >= 0.6 is 0 Å². The highest BCUT2D eigenvalue weighted by Gasteiger charge is 2.42. The van der Waals surface area contributed by atoms with E-state index in [0.717, 1.165) is 12.2 Å². The summed E-state index contributed by atoms with van der Waals surface area (Å²) in [4.78, 5) is 1.69. The van der Waals surface area contributed by atoms with Gasteiger partial charge in [0.1, 0.15) is 0 Å². The van der Waals surface area contributed by atoms with Gasteiger partial charge in [-0.25, -0.2) is 0 Å². The van der Waals surface area contributed by atoms with E-state index in [9.17, 15) is 0 Å². The monoisotopic (exact) mass is 209 g/mol. The zero-order chi connectivity index (χ0) is 11.1. The zero-order valence-electron chi connectivity index (χ0n) is 9.91.